The van der Waals surface area contributed by atoms with Gasteiger partial charge in [-0.05, 0) is 50.1 Å². The van der Waals surface area contributed by atoms with E-state index in [9.17, 15) is 0 Å². The number of hydrogen-bond donors (Lipinski definition) is 1. The monoisotopic (exact) mass is 332 g/mol. The number of benzene rings is 1. The van der Waals surface area contributed by atoms with Crippen molar-refractivity contribution < 1.29 is 0 Å². The number of rotatable bonds is 9. The van der Waals surface area contributed by atoms with Gasteiger partial charge < -0.3 is 10.2 Å². The Morgan fingerprint density at radius 2 is 1.60 bits per heavy atom. The number of hydrogen-bond acceptors (Lipinski definition) is 2. The summed E-state index contributed by atoms with van der Waals surface area (Å²) in [5, 5.41) is 3.13. The van der Waals surface area contributed by atoms with Crippen LogP contribution in [0.1, 0.15) is 19.4 Å². The summed E-state index contributed by atoms with van der Waals surface area (Å²) in [6, 6.07) is 8.17. The van der Waals surface area contributed by atoms with E-state index in [0.717, 1.165) is 28.2 Å². The summed E-state index contributed by atoms with van der Waals surface area (Å²) in [5.41, 5.74) is 6.35. The first-order valence-corrected chi connectivity index (χ1v) is 8.08. The highest BCUT2D eigenvalue weighted by Crippen LogP contribution is 2.23. The maximum atomic E-state index is 4.06. The van der Waals surface area contributed by atoms with Crippen molar-refractivity contribution in [1.29, 1.82) is 0 Å². The first-order chi connectivity index (χ1) is 11.7. The average molecular weight is 332 g/mol. The number of allylic oxidation sites excluding steroid dienone is 5. The van der Waals surface area contributed by atoms with Crippen molar-refractivity contribution in [2.45, 2.75) is 20.8 Å². The van der Waals surface area contributed by atoms with Crippen LogP contribution >= 0.6 is 0 Å². The van der Waals surface area contributed by atoms with Crippen molar-refractivity contribution in [3.8, 4) is 0 Å². The molecule has 0 aromatic heterocycles. The zero-order chi connectivity index (χ0) is 19.0. The van der Waals surface area contributed by atoms with Crippen LogP contribution in [0.15, 0.2) is 110 Å². The molecule has 1 aromatic carbocycles. The minimum Gasteiger partial charge on any atom is -0.356 e. The molecular formula is C23H28N2. The van der Waals surface area contributed by atoms with E-state index in [1.807, 2.05) is 55.3 Å². The number of nitrogens with zero attached hydrogens (tertiary/aromatic N) is 1. The van der Waals surface area contributed by atoms with Gasteiger partial charge in [0.1, 0.15) is 0 Å². The summed E-state index contributed by atoms with van der Waals surface area (Å²) < 4.78 is 0. The van der Waals surface area contributed by atoms with Crippen molar-refractivity contribution in [3.05, 3.63) is 115 Å². The summed E-state index contributed by atoms with van der Waals surface area (Å²) in [6.45, 7) is 25.9. The van der Waals surface area contributed by atoms with E-state index < -0.39 is 0 Å². The van der Waals surface area contributed by atoms with E-state index in [4.69, 9.17) is 0 Å². The Balaban J connectivity index is 2.83. The van der Waals surface area contributed by atoms with Gasteiger partial charge in [0.25, 0.3) is 0 Å². The zero-order valence-electron chi connectivity index (χ0n) is 15.6. The zero-order valence-corrected chi connectivity index (χ0v) is 15.6. The van der Waals surface area contributed by atoms with Gasteiger partial charge in [-0.3, -0.25) is 0 Å². The third kappa shape index (κ3) is 6.56. The molecular weight excluding hydrogens is 304 g/mol. The lowest BCUT2D eigenvalue weighted by Crippen LogP contribution is -2.14. The van der Waals surface area contributed by atoms with E-state index in [0.29, 0.717) is 5.70 Å². The van der Waals surface area contributed by atoms with Gasteiger partial charge in [0.2, 0.25) is 0 Å². The molecule has 0 amide bonds. The molecule has 0 aliphatic rings. The maximum Gasteiger partial charge on any atom is 0.0481 e. The van der Waals surface area contributed by atoms with Crippen LogP contribution in [0.5, 0.6) is 0 Å². The molecule has 1 aromatic rings. The van der Waals surface area contributed by atoms with Crippen LogP contribution in [0.3, 0.4) is 0 Å². The molecule has 0 saturated heterocycles. The van der Waals surface area contributed by atoms with Crippen molar-refractivity contribution in [2.75, 3.05) is 4.90 Å². The van der Waals surface area contributed by atoms with Crippen LogP contribution in [0.2, 0.25) is 0 Å². The van der Waals surface area contributed by atoms with Crippen molar-refractivity contribution in [2.24, 2.45) is 0 Å². The molecule has 25 heavy (non-hydrogen) atoms. The molecule has 0 fully saturated rings. The molecule has 0 saturated carbocycles. The standard InChI is InChI=1S/C23H28N2/c1-17(2)13-14-21(7)24-22(8)19(5)15-16-25(18(3)4)23-12-10-9-11-20(23)6/h9-16,24H,1,3,5,7-8H2,2,4,6H3/b14-13-,16-15-. The predicted molar refractivity (Wildman–Crippen MR) is 112 cm³/mol. The molecule has 1 rings (SSSR count). The number of para-hydroxylation sites is 1. The third-order valence-electron chi connectivity index (χ3n) is 3.48. The predicted octanol–water partition coefficient (Wildman–Crippen LogP) is 6.15. The molecule has 0 bridgehead atoms. The van der Waals surface area contributed by atoms with Crippen LogP contribution < -0.4 is 10.2 Å². The summed E-state index contributed by atoms with van der Waals surface area (Å²) in [5.74, 6) is 0. The first kappa shape index (κ1) is 20.0. The Kier molecular flexibility index (Phi) is 7.48. The fraction of sp³-hybridized carbons (Fsp3) is 0.130. The minimum absolute atomic E-state index is 0.694. The SMILES string of the molecule is C=C(C)/C=C\C(=C)NC(=C)C(=C)/C=C\N(C(=C)C)c1ccccc1C. The second kappa shape index (κ2) is 9.33. The minimum atomic E-state index is 0.694. The van der Waals surface area contributed by atoms with Gasteiger partial charge in [0, 0.05) is 29.0 Å². The molecule has 0 aliphatic heterocycles. The second-order valence-corrected chi connectivity index (χ2v) is 6.04. The Morgan fingerprint density at radius 3 is 2.16 bits per heavy atom. The molecule has 2 heteroatoms. The van der Waals surface area contributed by atoms with Crippen molar-refractivity contribution >= 4 is 5.69 Å². The molecule has 0 aliphatic carbocycles. The molecule has 0 radical (unpaired) electrons. The van der Waals surface area contributed by atoms with Crippen molar-refractivity contribution in [3.63, 3.8) is 0 Å². The summed E-state index contributed by atoms with van der Waals surface area (Å²) >= 11 is 0. The van der Waals surface area contributed by atoms with E-state index >= 15 is 0 Å². The fourth-order valence-corrected chi connectivity index (χ4v) is 2.07. The molecule has 0 unspecified atom stereocenters. The Labute approximate surface area is 152 Å². The van der Waals surface area contributed by atoms with Gasteiger partial charge in [0.15, 0.2) is 0 Å². The molecule has 1 N–H and O–H groups in total. The lowest BCUT2D eigenvalue weighted by Gasteiger charge is -2.22. The van der Waals surface area contributed by atoms with Gasteiger partial charge >= 0.3 is 0 Å². The Bertz CT molecular complexity index is 760. The quantitative estimate of drug-likeness (QED) is 0.545. The topological polar surface area (TPSA) is 15.3 Å². The smallest absolute Gasteiger partial charge is 0.0481 e. The molecule has 0 atom stereocenters. The van der Waals surface area contributed by atoms with Gasteiger partial charge in [-0.2, -0.15) is 0 Å². The molecule has 130 valence electrons. The van der Waals surface area contributed by atoms with Gasteiger partial charge in [-0.25, -0.2) is 0 Å². The number of aryl methyl sites for hydroxylation is 1. The van der Waals surface area contributed by atoms with Gasteiger partial charge in [-0.15, -0.1) is 0 Å². The van der Waals surface area contributed by atoms with Crippen LogP contribution in [0.25, 0.3) is 0 Å². The first-order valence-electron chi connectivity index (χ1n) is 8.08. The van der Waals surface area contributed by atoms with Crippen LogP contribution in [0.4, 0.5) is 5.69 Å². The van der Waals surface area contributed by atoms with E-state index in [1.54, 1.807) is 0 Å². The largest absolute Gasteiger partial charge is 0.356 e. The van der Waals surface area contributed by atoms with Gasteiger partial charge in [0.05, 0.1) is 0 Å². The van der Waals surface area contributed by atoms with Crippen LogP contribution in [-0.4, -0.2) is 0 Å². The second-order valence-electron chi connectivity index (χ2n) is 6.04. The lowest BCUT2D eigenvalue weighted by atomic mass is 10.1. The number of nitrogens with one attached hydrogen (secondary N) is 1. The van der Waals surface area contributed by atoms with Crippen molar-refractivity contribution in [1.82, 2.24) is 5.32 Å². The third-order valence-corrected chi connectivity index (χ3v) is 3.48. The van der Waals surface area contributed by atoms with E-state index in [-0.39, 0.29) is 0 Å². The molecule has 0 spiro atoms. The summed E-state index contributed by atoms with van der Waals surface area (Å²) in [7, 11) is 0. The van der Waals surface area contributed by atoms with Gasteiger partial charge in [-0.1, -0.05) is 62.7 Å². The highest BCUT2D eigenvalue weighted by molar-refractivity contribution is 5.60. The lowest BCUT2D eigenvalue weighted by molar-refractivity contribution is 1.04. The summed E-state index contributed by atoms with van der Waals surface area (Å²) in [6.07, 6.45) is 7.61. The Hall–Kier alpha value is -3.00. The number of anilines is 1. The molecule has 0 heterocycles. The van der Waals surface area contributed by atoms with Crippen LogP contribution in [-0.2, 0) is 0 Å². The normalized spacial score (nSPS) is 10.7. The average Bonchev–Trinajstić information content (AvgIpc) is 2.54. The highest BCUT2D eigenvalue weighted by Gasteiger charge is 2.07. The van der Waals surface area contributed by atoms with Crippen LogP contribution in [0, 0.1) is 6.92 Å². The summed E-state index contributed by atoms with van der Waals surface area (Å²) in [4.78, 5) is 2.03. The highest BCUT2D eigenvalue weighted by atomic mass is 15.1. The fourth-order valence-electron chi connectivity index (χ4n) is 2.07. The Morgan fingerprint density at radius 1 is 0.960 bits per heavy atom. The van der Waals surface area contributed by atoms with E-state index in [1.165, 1.54) is 5.56 Å². The maximum absolute atomic E-state index is 4.06. The molecule has 2 nitrogen and oxygen atoms in total. The van der Waals surface area contributed by atoms with E-state index in [2.05, 4.69) is 57.3 Å².